The first-order valence-corrected chi connectivity index (χ1v) is 9.58. The second kappa shape index (κ2) is 7.75. The highest BCUT2D eigenvalue weighted by molar-refractivity contribution is 7.98. The second-order valence-corrected chi connectivity index (χ2v) is 7.06. The van der Waals surface area contributed by atoms with Crippen LogP contribution >= 0.6 is 23.4 Å². The zero-order valence-electron chi connectivity index (χ0n) is 13.8. The topological polar surface area (TPSA) is 53.6 Å². The summed E-state index contributed by atoms with van der Waals surface area (Å²) < 4.78 is 38.3. The van der Waals surface area contributed by atoms with Crippen molar-refractivity contribution >= 4 is 40.2 Å². The molecule has 4 nitrogen and oxygen atoms in total. The van der Waals surface area contributed by atoms with Crippen molar-refractivity contribution < 1.29 is 13.2 Å². The molecule has 0 radical (unpaired) electrons. The predicted octanol–water partition coefficient (Wildman–Crippen LogP) is 5.54. The number of rotatable bonds is 6. The minimum absolute atomic E-state index is 0.0786. The molecule has 26 heavy (non-hydrogen) atoms. The number of alkyl halides is 3. The fraction of sp³-hybridized carbons (Fsp3) is 0.294. The van der Waals surface area contributed by atoms with Crippen LogP contribution in [0.25, 0.3) is 11.0 Å². The fourth-order valence-electron chi connectivity index (χ4n) is 2.51. The third-order valence-electron chi connectivity index (χ3n) is 3.83. The predicted molar refractivity (Wildman–Crippen MR) is 99.7 cm³/mol. The van der Waals surface area contributed by atoms with Gasteiger partial charge in [0.15, 0.2) is 0 Å². The van der Waals surface area contributed by atoms with E-state index in [-0.39, 0.29) is 16.9 Å². The zero-order valence-corrected chi connectivity index (χ0v) is 15.3. The first-order valence-electron chi connectivity index (χ1n) is 7.81. The molecule has 3 aromatic rings. The van der Waals surface area contributed by atoms with Crippen LogP contribution in [0.4, 0.5) is 19.0 Å². The maximum atomic E-state index is 12.8. The molecule has 0 aliphatic heterocycles. The quantitative estimate of drug-likeness (QED) is 0.570. The third kappa shape index (κ3) is 4.24. The van der Waals surface area contributed by atoms with Crippen molar-refractivity contribution in [2.45, 2.75) is 18.6 Å². The van der Waals surface area contributed by atoms with Crippen molar-refractivity contribution in [2.24, 2.45) is 0 Å². The van der Waals surface area contributed by atoms with Crippen molar-refractivity contribution in [3.63, 3.8) is 0 Å². The molecule has 0 fully saturated rings. The number of H-pyrrole nitrogens is 1. The van der Waals surface area contributed by atoms with Crippen LogP contribution in [0.2, 0.25) is 5.02 Å². The summed E-state index contributed by atoms with van der Waals surface area (Å²) in [6, 6.07) is 8.23. The lowest BCUT2D eigenvalue weighted by Gasteiger charge is -2.18. The van der Waals surface area contributed by atoms with Crippen LogP contribution in [0.15, 0.2) is 36.5 Å². The van der Waals surface area contributed by atoms with Crippen LogP contribution in [0.3, 0.4) is 0 Å². The van der Waals surface area contributed by atoms with E-state index >= 15 is 0 Å². The molecule has 0 aliphatic rings. The molecule has 2 aromatic heterocycles. The number of fused-ring (bicyclic) bond motifs is 1. The third-order valence-corrected chi connectivity index (χ3v) is 4.76. The minimum atomic E-state index is -4.48. The van der Waals surface area contributed by atoms with Crippen molar-refractivity contribution in [2.75, 3.05) is 17.3 Å². The van der Waals surface area contributed by atoms with Gasteiger partial charge in [-0.2, -0.15) is 24.9 Å². The summed E-state index contributed by atoms with van der Waals surface area (Å²) in [4.78, 5) is 11.7. The zero-order chi connectivity index (χ0) is 18.7. The van der Waals surface area contributed by atoms with Gasteiger partial charge in [-0.05, 0) is 36.6 Å². The SMILES string of the molecule is CSCC[C@H](Nc1ncc(C(F)(F)F)cc1Cl)c1nc2ccccc2[nH]1. The summed E-state index contributed by atoms with van der Waals surface area (Å²) in [7, 11) is 0. The van der Waals surface area contributed by atoms with Crippen LogP contribution in [0, 0.1) is 0 Å². The molecule has 1 aromatic carbocycles. The number of pyridine rings is 1. The van der Waals surface area contributed by atoms with Gasteiger partial charge in [0, 0.05) is 6.20 Å². The minimum Gasteiger partial charge on any atom is -0.359 e. The van der Waals surface area contributed by atoms with Crippen LogP contribution in [0.1, 0.15) is 23.9 Å². The number of benzene rings is 1. The van der Waals surface area contributed by atoms with Crippen LogP contribution in [0.5, 0.6) is 0 Å². The van der Waals surface area contributed by atoms with Gasteiger partial charge in [-0.1, -0.05) is 23.7 Å². The molecule has 1 atom stereocenters. The number of nitrogens with zero attached hydrogens (tertiary/aromatic N) is 2. The van der Waals surface area contributed by atoms with E-state index in [2.05, 4.69) is 20.3 Å². The normalized spacial score (nSPS) is 13.1. The van der Waals surface area contributed by atoms with Gasteiger partial charge in [0.2, 0.25) is 0 Å². The molecule has 0 aliphatic carbocycles. The number of anilines is 1. The summed E-state index contributed by atoms with van der Waals surface area (Å²) in [5.41, 5.74) is 0.840. The Hall–Kier alpha value is -1.93. The highest BCUT2D eigenvalue weighted by Crippen LogP contribution is 2.34. The summed E-state index contributed by atoms with van der Waals surface area (Å²) in [5.74, 6) is 1.73. The Bertz CT molecular complexity index is 864. The van der Waals surface area contributed by atoms with Gasteiger partial charge in [-0.25, -0.2) is 9.97 Å². The summed E-state index contributed by atoms with van der Waals surface area (Å²) in [5, 5.41) is 3.04. The highest BCUT2D eigenvalue weighted by atomic mass is 35.5. The van der Waals surface area contributed by atoms with Gasteiger partial charge in [0.1, 0.15) is 11.6 Å². The Labute approximate surface area is 157 Å². The number of nitrogens with one attached hydrogen (secondary N) is 2. The number of aromatic nitrogens is 3. The molecule has 0 amide bonds. The molecule has 9 heteroatoms. The van der Waals surface area contributed by atoms with Crippen molar-refractivity contribution in [1.82, 2.24) is 15.0 Å². The average Bonchev–Trinajstić information content (AvgIpc) is 3.02. The molecule has 2 heterocycles. The van der Waals surface area contributed by atoms with E-state index in [0.29, 0.717) is 12.2 Å². The van der Waals surface area contributed by atoms with Gasteiger partial charge < -0.3 is 10.3 Å². The van der Waals surface area contributed by atoms with E-state index in [9.17, 15) is 13.2 Å². The number of thioether (sulfide) groups is 1. The van der Waals surface area contributed by atoms with E-state index in [4.69, 9.17) is 11.6 Å². The molecular weight excluding hydrogens is 385 g/mol. The Morgan fingerprint density at radius 2 is 2.08 bits per heavy atom. The molecule has 138 valence electrons. The maximum Gasteiger partial charge on any atom is 0.417 e. The van der Waals surface area contributed by atoms with E-state index in [0.717, 1.165) is 29.0 Å². The highest BCUT2D eigenvalue weighted by Gasteiger charge is 2.31. The summed E-state index contributed by atoms with van der Waals surface area (Å²) in [6.07, 6.45) is -1.01. The molecule has 0 bridgehead atoms. The van der Waals surface area contributed by atoms with Crippen molar-refractivity contribution in [1.29, 1.82) is 0 Å². The van der Waals surface area contributed by atoms with Crippen LogP contribution in [-0.2, 0) is 6.18 Å². The number of imidazole rings is 1. The van der Waals surface area contributed by atoms with Gasteiger partial charge in [-0.15, -0.1) is 0 Å². The van der Waals surface area contributed by atoms with E-state index < -0.39 is 11.7 Å². The van der Waals surface area contributed by atoms with E-state index in [1.807, 2.05) is 30.5 Å². The molecule has 2 N–H and O–H groups in total. The number of aromatic amines is 1. The van der Waals surface area contributed by atoms with E-state index in [1.165, 1.54) is 0 Å². The lowest BCUT2D eigenvalue weighted by molar-refractivity contribution is -0.137. The molecular formula is C17H16ClF3N4S. The number of halogens is 4. The smallest absolute Gasteiger partial charge is 0.359 e. The van der Waals surface area contributed by atoms with Crippen LogP contribution < -0.4 is 5.32 Å². The average molecular weight is 401 g/mol. The fourth-order valence-corrected chi connectivity index (χ4v) is 3.21. The van der Waals surface area contributed by atoms with Gasteiger partial charge in [-0.3, -0.25) is 0 Å². The molecule has 0 unspecified atom stereocenters. The van der Waals surface area contributed by atoms with Gasteiger partial charge in [0.05, 0.1) is 27.7 Å². The molecule has 0 saturated carbocycles. The monoisotopic (exact) mass is 400 g/mol. The lowest BCUT2D eigenvalue weighted by Crippen LogP contribution is -2.15. The summed E-state index contributed by atoms with van der Waals surface area (Å²) in [6.45, 7) is 0. The van der Waals surface area contributed by atoms with Gasteiger partial charge in [0.25, 0.3) is 0 Å². The summed E-state index contributed by atoms with van der Waals surface area (Å²) >= 11 is 7.69. The first kappa shape index (κ1) is 18.8. The Kier molecular flexibility index (Phi) is 5.62. The number of para-hydroxylation sites is 2. The lowest BCUT2D eigenvalue weighted by atomic mass is 10.2. The van der Waals surface area contributed by atoms with Crippen LogP contribution in [-0.4, -0.2) is 27.0 Å². The molecule has 3 rings (SSSR count). The van der Waals surface area contributed by atoms with Crippen molar-refractivity contribution in [3.8, 4) is 0 Å². The van der Waals surface area contributed by atoms with Gasteiger partial charge >= 0.3 is 6.18 Å². The standard InChI is InChI=1S/C17H16ClF3N4S/c1-26-7-6-14(16-23-12-4-2-3-5-13(12)24-16)25-15-11(18)8-10(9-22-15)17(19,20)21/h2-5,8-9,14H,6-7H2,1H3,(H,22,25)(H,23,24)/t14-/m0/s1. The Morgan fingerprint density at radius 3 is 2.73 bits per heavy atom. The largest absolute Gasteiger partial charge is 0.417 e. The molecule has 0 spiro atoms. The van der Waals surface area contributed by atoms with E-state index in [1.54, 1.807) is 11.8 Å². The molecule has 0 saturated heterocycles. The second-order valence-electron chi connectivity index (χ2n) is 5.67. The number of hydrogen-bond donors (Lipinski definition) is 2. The Balaban J connectivity index is 1.89. The van der Waals surface area contributed by atoms with Crippen molar-refractivity contribution in [3.05, 3.63) is 52.9 Å². The Morgan fingerprint density at radius 1 is 1.31 bits per heavy atom. The maximum absolute atomic E-state index is 12.8. The first-order chi connectivity index (χ1) is 12.4. The number of hydrogen-bond acceptors (Lipinski definition) is 4.